The summed E-state index contributed by atoms with van der Waals surface area (Å²) in [5, 5.41) is 0. The van der Waals surface area contributed by atoms with Gasteiger partial charge in [-0.15, -0.1) is 0 Å². The predicted molar refractivity (Wildman–Crippen MR) is 42.0 cm³/mol. The van der Waals surface area contributed by atoms with Gasteiger partial charge in [-0.25, -0.2) is 0 Å². The zero-order valence-corrected chi connectivity index (χ0v) is 8.23. The van der Waals surface area contributed by atoms with E-state index in [1.54, 1.807) is 0 Å². The molecule has 3 nitrogen and oxygen atoms in total. The quantitative estimate of drug-likeness (QED) is 0.438. The molecule has 1 aliphatic heterocycles. The minimum absolute atomic E-state index is 0.0255. The Balaban J connectivity index is 2.56. The van der Waals surface area contributed by atoms with Gasteiger partial charge in [0.1, 0.15) is 5.75 Å². The molecule has 0 N–H and O–H groups in total. The zero-order chi connectivity index (χ0) is 7.99. The van der Waals surface area contributed by atoms with Gasteiger partial charge < -0.3 is 0 Å². The summed E-state index contributed by atoms with van der Waals surface area (Å²) in [5.74, 6) is 0.239. The fraction of sp³-hybridized carbons (Fsp3) is 1.00. The molecule has 5 heteroatoms. The zero-order valence-electron chi connectivity index (χ0n) is 6.42. The molecule has 60 valence electrons. The van der Waals surface area contributed by atoms with Crippen LogP contribution in [0.2, 0.25) is 19.6 Å². The molecular weight excluding hydrogens is 168 g/mol. The van der Waals surface area contributed by atoms with E-state index >= 15 is 0 Å². The minimum Gasteiger partial charge on any atom is -0.269 e. The van der Waals surface area contributed by atoms with Crippen LogP contribution in [0.15, 0.2) is 0 Å². The molecule has 1 unspecified atom stereocenters. The first kappa shape index (κ1) is 8.23. The van der Waals surface area contributed by atoms with Crippen LogP contribution in [0.1, 0.15) is 0 Å². The Bertz CT molecular complexity index is 214. The highest BCUT2D eigenvalue weighted by atomic mass is 32.2. The van der Waals surface area contributed by atoms with Crippen molar-refractivity contribution in [1.29, 1.82) is 0 Å². The van der Waals surface area contributed by atoms with Crippen molar-refractivity contribution in [2.45, 2.75) is 25.4 Å². The molecule has 1 saturated heterocycles. The van der Waals surface area contributed by atoms with Crippen LogP contribution in [0.4, 0.5) is 0 Å². The van der Waals surface area contributed by atoms with Crippen molar-refractivity contribution < 1.29 is 12.6 Å². The Morgan fingerprint density at radius 1 is 1.40 bits per heavy atom. The second-order valence-electron chi connectivity index (χ2n) is 3.68. The van der Waals surface area contributed by atoms with Gasteiger partial charge in [-0.2, -0.15) is 8.42 Å². The summed E-state index contributed by atoms with van der Waals surface area (Å²) < 4.78 is 25.8. The van der Waals surface area contributed by atoms with E-state index in [0.29, 0.717) is 0 Å². The third kappa shape index (κ3) is 1.59. The lowest BCUT2D eigenvalue weighted by Gasteiger charge is -2.34. The first-order valence-electron chi connectivity index (χ1n) is 3.22. The van der Waals surface area contributed by atoms with Crippen molar-refractivity contribution in [3.05, 3.63) is 0 Å². The van der Waals surface area contributed by atoms with Crippen LogP contribution < -0.4 is 0 Å². The first-order valence-corrected chi connectivity index (χ1v) is 8.38. The average Bonchev–Trinajstić information content (AvgIpc) is 1.56. The molecule has 0 saturated carbocycles. The van der Waals surface area contributed by atoms with Gasteiger partial charge in [0.05, 0.1) is 13.8 Å². The van der Waals surface area contributed by atoms with E-state index in [0.717, 1.165) is 0 Å². The fourth-order valence-electron chi connectivity index (χ4n) is 0.749. The van der Waals surface area contributed by atoms with Gasteiger partial charge in [0.2, 0.25) is 0 Å². The number of hydrogen-bond acceptors (Lipinski definition) is 3. The van der Waals surface area contributed by atoms with Crippen molar-refractivity contribution in [2.24, 2.45) is 0 Å². The average molecular weight is 180 g/mol. The topological polar surface area (TPSA) is 43.4 Å². The maximum Gasteiger partial charge on any atom is 0.269 e. The summed E-state index contributed by atoms with van der Waals surface area (Å²) in [7, 11) is -4.44. The molecule has 0 aliphatic carbocycles. The lowest BCUT2D eigenvalue weighted by atomic mass is 10.8. The molecule has 0 aromatic rings. The Morgan fingerprint density at radius 3 is 1.90 bits per heavy atom. The van der Waals surface area contributed by atoms with Crippen molar-refractivity contribution in [3.63, 3.8) is 0 Å². The SMILES string of the molecule is C[Si](C)(C)C1CS(=O)(=O)O1. The van der Waals surface area contributed by atoms with Crippen LogP contribution in [-0.2, 0) is 14.3 Å². The molecule has 0 aromatic carbocycles. The van der Waals surface area contributed by atoms with E-state index in [-0.39, 0.29) is 11.5 Å². The molecule has 10 heavy (non-hydrogen) atoms. The first-order chi connectivity index (χ1) is 4.31. The van der Waals surface area contributed by atoms with Crippen LogP contribution in [0.3, 0.4) is 0 Å². The van der Waals surface area contributed by atoms with Crippen LogP contribution in [-0.4, -0.2) is 28.0 Å². The predicted octanol–water partition coefficient (Wildman–Crippen LogP) is 0.592. The van der Waals surface area contributed by atoms with E-state index in [4.69, 9.17) is 4.18 Å². The van der Waals surface area contributed by atoms with Gasteiger partial charge in [-0.05, 0) is 0 Å². The monoisotopic (exact) mass is 180 g/mol. The molecule has 0 bridgehead atoms. The van der Waals surface area contributed by atoms with Crippen LogP contribution in [0.5, 0.6) is 0 Å². The third-order valence-corrected chi connectivity index (χ3v) is 5.54. The van der Waals surface area contributed by atoms with Crippen LogP contribution in [0.25, 0.3) is 0 Å². The van der Waals surface area contributed by atoms with Crippen LogP contribution in [0, 0.1) is 0 Å². The maximum atomic E-state index is 10.5. The van der Waals surface area contributed by atoms with Gasteiger partial charge in [0.15, 0.2) is 0 Å². The number of rotatable bonds is 1. The van der Waals surface area contributed by atoms with Crippen molar-refractivity contribution >= 4 is 18.2 Å². The van der Waals surface area contributed by atoms with E-state index in [1.165, 1.54) is 0 Å². The number of hydrogen-bond donors (Lipinski definition) is 0. The van der Waals surface area contributed by atoms with E-state index in [9.17, 15) is 8.42 Å². The second kappa shape index (κ2) is 2.06. The molecule has 1 heterocycles. The lowest BCUT2D eigenvalue weighted by molar-refractivity contribution is 0.241. The van der Waals surface area contributed by atoms with Crippen molar-refractivity contribution in [2.75, 3.05) is 5.75 Å². The van der Waals surface area contributed by atoms with Crippen LogP contribution >= 0.6 is 0 Å². The standard InChI is InChI=1S/C5H12O3SSi/c1-10(2,3)5-4-9(6,7)8-5/h5H,4H2,1-3H3. The van der Waals surface area contributed by atoms with Gasteiger partial charge in [0, 0.05) is 0 Å². The van der Waals surface area contributed by atoms with E-state index < -0.39 is 18.2 Å². The summed E-state index contributed by atoms with van der Waals surface area (Å²) >= 11 is 0. The Hall–Kier alpha value is 0.127. The summed E-state index contributed by atoms with van der Waals surface area (Å²) in [6.07, 6.45) is 0. The highest BCUT2D eigenvalue weighted by molar-refractivity contribution is 7.88. The van der Waals surface area contributed by atoms with Gasteiger partial charge in [0.25, 0.3) is 10.1 Å². The van der Waals surface area contributed by atoms with E-state index in [2.05, 4.69) is 19.6 Å². The minimum atomic E-state index is -3.08. The normalized spacial score (nSPS) is 31.3. The Kier molecular flexibility index (Phi) is 1.69. The largest absolute Gasteiger partial charge is 0.269 e. The summed E-state index contributed by atoms with van der Waals surface area (Å²) in [5.41, 5.74) is 0.0255. The molecule has 0 amide bonds. The van der Waals surface area contributed by atoms with Gasteiger partial charge in [-0.1, -0.05) is 19.6 Å². The maximum absolute atomic E-state index is 10.5. The smallest absolute Gasteiger partial charge is 0.269 e. The van der Waals surface area contributed by atoms with Gasteiger partial charge >= 0.3 is 0 Å². The van der Waals surface area contributed by atoms with Gasteiger partial charge in [-0.3, -0.25) is 4.18 Å². The molecule has 1 atom stereocenters. The van der Waals surface area contributed by atoms with E-state index in [1.807, 2.05) is 0 Å². The lowest BCUT2D eigenvalue weighted by Crippen LogP contribution is -2.53. The molecule has 1 aliphatic rings. The molecule has 1 fully saturated rings. The summed E-state index contributed by atoms with van der Waals surface area (Å²) in [4.78, 5) is 0. The molecule has 0 spiro atoms. The molecule has 0 aromatic heterocycles. The Labute approximate surface area is 62.5 Å². The highest BCUT2D eigenvalue weighted by Gasteiger charge is 2.43. The van der Waals surface area contributed by atoms with Crippen molar-refractivity contribution in [3.8, 4) is 0 Å². The molecular formula is C5H12O3SSi. The Morgan fingerprint density at radius 2 is 1.80 bits per heavy atom. The molecule has 0 radical (unpaired) electrons. The molecule has 1 rings (SSSR count). The fourth-order valence-corrected chi connectivity index (χ4v) is 5.66. The second-order valence-corrected chi connectivity index (χ2v) is 10.7. The summed E-state index contributed by atoms with van der Waals surface area (Å²) in [6, 6.07) is 0. The summed E-state index contributed by atoms with van der Waals surface area (Å²) in [6.45, 7) is 6.31. The third-order valence-electron chi connectivity index (χ3n) is 1.58. The highest BCUT2D eigenvalue weighted by Crippen LogP contribution is 2.24. The van der Waals surface area contributed by atoms with Crippen molar-refractivity contribution in [1.82, 2.24) is 0 Å².